The SMILES string of the molecule is CC(CCN(C)Cc1cc(C2CC2)on1)c1ccccc1. The molecule has 1 atom stereocenters. The highest BCUT2D eigenvalue weighted by molar-refractivity contribution is 5.18. The van der Waals surface area contributed by atoms with E-state index in [1.54, 1.807) is 0 Å². The molecule has 0 bridgehead atoms. The second-order valence-electron chi connectivity index (χ2n) is 6.33. The highest BCUT2D eigenvalue weighted by Gasteiger charge is 2.27. The molecule has 0 saturated heterocycles. The summed E-state index contributed by atoms with van der Waals surface area (Å²) in [5, 5.41) is 4.19. The van der Waals surface area contributed by atoms with E-state index in [1.807, 2.05) is 0 Å². The topological polar surface area (TPSA) is 29.3 Å². The fourth-order valence-electron chi connectivity index (χ4n) is 2.68. The Morgan fingerprint density at radius 3 is 2.76 bits per heavy atom. The third-order valence-corrected chi connectivity index (χ3v) is 4.30. The third-order valence-electron chi connectivity index (χ3n) is 4.30. The molecule has 1 fully saturated rings. The maximum Gasteiger partial charge on any atom is 0.140 e. The van der Waals surface area contributed by atoms with Gasteiger partial charge in [-0.2, -0.15) is 0 Å². The molecule has 3 nitrogen and oxygen atoms in total. The van der Waals surface area contributed by atoms with Gasteiger partial charge in [-0.1, -0.05) is 42.4 Å². The largest absolute Gasteiger partial charge is 0.361 e. The number of nitrogens with zero attached hydrogens (tertiary/aromatic N) is 2. The fourth-order valence-corrected chi connectivity index (χ4v) is 2.68. The standard InChI is InChI=1S/C18H24N2O/c1-14(15-6-4-3-5-7-15)10-11-20(2)13-17-12-18(21-19-17)16-8-9-16/h3-7,12,14,16H,8-11,13H2,1-2H3. The van der Waals surface area contributed by atoms with Gasteiger partial charge >= 0.3 is 0 Å². The minimum atomic E-state index is 0.591. The molecule has 0 spiro atoms. The molecule has 2 aromatic rings. The van der Waals surface area contributed by atoms with Crippen LogP contribution in [0.4, 0.5) is 0 Å². The molecule has 1 aliphatic rings. The molecule has 0 N–H and O–H groups in total. The van der Waals surface area contributed by atoms with E-state index < -0.39 is 0 Å². The van der Waals surface area contributed by atoms with Crippen molar-refractivity contribution in [2.24, 2.45) is 0 Å². The number of aromatic nitrogens is 1. The van der Waals surface area contributed by atoms with Crippen LogP contribution in [0.25, 0.3) is 0 Å². The lowest BCUT2D eigenvalue weighted by Crippen LogP contribution is -2.20. The Morgan fingerprint density at radius 2 is 2.05 bits per heavy atom. The van der Waals surface area contributed by atoms with Crippen molar-refractivity contribution in [1.82, 2.24) is 10.1 Å². The van der Waals surface area contributed by atoms with Crippen LogP contribution in [0.15, 0.2) is 40.9 Å². The van der Waals surface area contributed by atoms with Crippen molar-refractivity contribution in [3.63, 3.8) is 0 Å². The average molecular weight is 284 g/mol. The quantitative estimate of drug-likeness (QED) is 0.764. The molecule has 1 unspecified atom stereocenters. The van der Waals surface area contributed by atoms with Crippen molar-refractivity contribution < 1.29 is 4.52 Å². The van der Waals surface area contributed by atoms with Crippen molar-refractivity contribution >= 4 is 0 Å². The van der Waals surface area contributed by atoms with Gasteiger partial charge in [-0.3, -0.25) is 0 Å². The second-order valence-corrected chi connectivity index (χ2v) is 6.33. The number of hydrogen-bond acceptors (Lipinski definition) is 3. The van der Waals surface area contributed by atoms with Crippen LogP contribution in [0.2, 0.25) is 0 Å². The first-order valence-electron chi connectivity index (χ1n) is 7.91. The molecular weight excluding hydrogens is 260 g/mol. The summed E-state index contributed by atoms with van der Waals surface area (Å²) in [5.74, 6) is 2.32. The van der Waals surface area contributed by atoms with Crippen LogP contribution < -0.4 is 0 Å². The van der Waals surface area contributed by atoms with Crippen LogP contribution in [-0.2, 0) is 6.54 Å². The Balaban J connectivity index is 1.46. The summed E-state index contributed by atoms with van der Waals surface area (Å²) in [5.41, 5.74) is 2.48. The number of rotatable bonds is 7. The lowest BCUT2D eigenvalue weighted by molar-refractivity contribution is 0.297. The van der Waals surface area contributed by atoms with E-state index in [0.717, 1.165) is 31.0 Å². The monoisotopic (exact) mass is 284 g/mol. The van der Waals surface area contributed by atoms with E-state index in [4.69, 9.17) is 4.52 Å². The maximum absolute atomic E-state index is 5.41. The Bertz CT molecular complexity index is 560. The van der Waals surface area contributed by atoms with Crippen LogP contribution in [0.5, 0.6) is 0 Å². The van der Waals surface area contributed by atoms with Crippen LogP contribution in [0.1, 0.15) is 55.0 Å². The van der Waals surface area contributed by atoms with Crippen LogP contribution in [-0.4, -0.2) is 23.6 Å². The van der Waals surface area contributed by atoms with E-state index in [2.05, 4.69) is 60.4 Å². The van der Waals surface area contributed by atoms with E-state index >= 15 is 0 Å². The average Bonchev–Trinajstić information content (AvgIpc) is 3.26. The Hall–Kier alpha value is -1.61. The van der Waals surface area contributed by atoms with Crippen molar-refractivity contribution in [2.75, 3.05) is 13.6 Å². The summed E-state index contributed by atoms with van der Waals surface area (Å²) in [6, 6.07) is 12.9. The van der Waals surface area contributed by atoms with E-state index in [0.29, 0.717) is 11.8 Å². The molecule has 1 aromatic heterocycles. The fraction of sp³-hybridized carbons (Fsp3) is 0.500. The van der Waals surface area contributed by atoms with Crippen molar-refractivity contribution in [3.8, 4) is 0 Å². The first-order valence-corrected chi connectivity index (χ1v) is 7.91. The highest BCUT2D eigenvalue weighted by Crippen LogP contribution is 2.40. The summed E-state index contributed by atoms with van der Waals surface area (Å²) in [6.07, 6.45) is 3.69. The van der Waals surface area contributed by atoms with Crippen molar-refractivity contribution in [3.05, 3.63) is 53.4 Å². The molecule has 3 heteroatoms. The molecule has 0 radical (unpaired) electrons. The van der Waals surface area contributed by atoms with Gasteiger partial charge in [-0.05, 0) is 44.3 Å². The molecule has 1 saturated carbocycles. The van der Waals surface area contributed by atoms with Gasteiger partial charge in [0.05, 0.1) is 5.69 Å². The molecule has 0 amide bonds. The van der Waals surface area contributed by atoms with Crippen LogP contribution in [0.3, 0.4) is 0 Å². The van der Waals surface area contributed by atoms with Gasteiger partial charge in [0.25, 0.3) is 0 Å². The number of hydrogen-bond donors (Lipinski definition) is 0. The van der Waals surface area contributed by atoms with E-state index in [-0.39, 0.29) is 0 Å². The van der Waals surface area contributed by atoms with Gasteiger partial charge in [-0.25, -0.2) is 0 Å². The smallest absolute Gasteiger partial charge is 0.140 e. The zero-order valence-electron chi connectivity index (χ0n) is 13.0. The third kappa shape index (κ3) is 3.94. The Labute approximate surface area is 126 Å². The van der Waals surface area contributed by atoms with Gasteiger partial charge < -0.3 is 9.42 Å². The molecule has 21 heavy (non-hydrogen) atoms. The first kappa shape index (κ1) is 14.3. The van der Waals surface area contributed by atoms with Gasteiger partial charge in [0.1, 0.15) is 5.76 Å². The van der Waals surface area contributed by atoms with Crippen LogP contribution >= 0.6 is 0 Å². The van der Waals surface area contributed by atoms with Gasteiger partial charge in [-0.15, -0.1) is 0 Å². The summed E-state index contributed by atoms with van der Waals surface area (Å²) >= 11 is 0. The Kier molecular flexibility index (Phi) is 4.39. The lowest BCUT2D eigenvalue weighted by atomic mass is 9.98. The Morgan fingerprint density at radius 1 is 1.29 bits per heavy atom. The number of benzene rings is 1. The predicted molar refractivity (Wildman–Crippen MR) is 84.3 cm³/mol. The zero-order chi connectivity index (χ0) is 14.7. The van der Waals surface area contributed by atoms with Gasteiger partial charge in [0.2, 0.25) is 0 Å². The van der Waals surface area contributed by atoms with Crippen molar-refractivity contribution in [2.45, 2.75) is 44.6 Å². The van der Waals surface area contributed by atoms with Crippen LogP contribution in [0, 0.1) is 0 Å². The molecule has 112 valence electrons. The molecule has 1 aromatic carbocycles. The molecule has 1 heterocycles. The summed E-state index contributed by atoms with van der Waals surface area (Å²) in [4.78, 5) is 2.33. The molecular formula is C18H24N2O. The minimum Gasteiger partial charge on any atom is -0.361 e. The molecule has 3 rings (SSSR count). The van der Waals surface area contributed by atoms with Gasteiger partial charge in [0, 0.05) is 18.5 Å². The normalized spacial score (nSPS) is 16.3. The molecule has 0 aliphatic heterocycles. The summed E-state index contributed by atoms with van der Waals surface area (Å²) < 4.78 is 5.41. The summed E-state index contributed by atoms with van der Waals surface area (Å²) in [6.45, 7) is 4.24. The minimum absolute atomic E-state index is 0.591. The van der Waals surface area contributed by atoms with Crippen molar-refractivity contribution in [1.29, 1.82) is 0 Å². The van der Waals surface area contributed by atoms with E-state index in [1.165, 1.54) is 18.4 Å². The first-order chi connectivity index (χ1) is 10.2. The van der Waals surface area contributed by atoms with Gasteiger partial charge in [0.15, 0.2) is 0 Å². The second kappa shape index (κ2) is 6.44. The highest BCUT2D eigenvalue weighted by atomic mass is 16.5. The van der Waals surface area contributed by atoms with E-state index in [9.17, 15) is 0 Å². The zero-order valence-corrected chi connectivity index (χ0v) is 13.0. The predicted octanol–water partition coefficient (Wildman–Crippen LogP) is 4.18. The summed E-state index contributed by atoms with van der Waals surface area (Å²) in [7, 11) is 2.16. The molecule has 1 aliphatic carbocycles. The maximum atomic E-state index is 5.41. The lowest BCUT2D eigenvalue weighted by Gasteiger charge is -2.18.